The first-order valence-electron chi connectivity index (χ1n) is 5.92. The second-order valence-corrected chi connectivity index (χ2v) is 6.87. The van der Waals surface area contributed by atoms with Gasteiger partial charge in [0.2, 0.25) is 0 Å². The first kappa shape index (κ1) is 10.5. The van der Waals surface area contributed by atoms with Crippen molar-refractivity contribution in [3.8, 4) is 0 Å². The Balaban J connectivity index is 1.99. The van der Waals surface area contributed by atoms with Gasteiger partial charge in [-0.05, 0) is 23.7 Å². The van der Waals surface area contributed by atoms with E-state index in [0.717, 1.165) is 13.2 Å². The third-order valence-corrected chi connectivity index (χ3v) is 6.51. The van der Waals surface area contributed by atoms with Crippen LogP contribution in [0.1, 0.15) is 27.2 Å². The van der Waals surface area contributed by atoms with Crippen LogP contribution in [0.4, 0.5) is 0 Å². The average molecular weight is 275 g/mol. The fourth-order valence-electron chi connectivity index (χ4n) is 3.95. The zero-order valence-electron chi connectivity index (χ0n) is 9.63. The standard InChI is InChI=1S/C12H19BrO2/c1-7-8-6-9(11(7,2)3)10(13)12(8)14-4-5-15-12/h7-10H,4-6H2,1-3H3/t7-,8-,9+,10-/m0/s1. The van der Waals surface area contributed by atoms with E-state index in [4.69, 9.17) is 9.47 Å². The smallest absolute Gasteiger partial charge is 0.184 e. The minimum atomic E-state index is -0.292. The molecule has 2 aliphatic carbocycles. The highest BCUT2D eigenvalue weighted by Crippen LogP contribution is 2.66. The SMILES string of the molecule is C[C@H]1[C@@H]2C[C@H]([C@H](Br)C23OCCO3)C1(C)C. The van der Waals surface area contributed by atoms with Crippen LogP contribution in [0.15, 0.2) is 0 Å². The van der Waals surface area contributed by atoms with Crippen molar-refractivity contribution in [3.05, 3.63) is 0 Å². The fourth-order valence-corrected chi connectivity index (χ4v) is 5.45. The lowest BCUT2D eigenvalue weighted by Gasteiger charge is -2.47. The third-order valence-electron chi connectivity index (χ3n) is 5.23. The van der Waals surface area contributed by atoms with Crippen molar-refractivity contribution >= 4 is 15.9 Å². The molecule has 0 N–H and O–H groups in total. The van der Waals surface area contributed by atoms with Gasteiger partial charge in [-0.2, -0.15) is 0 Å². The number of hydrogen-bond acceptors (Lipinski definition) is 2. The largest absolute Gasteiger partial charge is 0.346 e. The van der Waals surface area contributed by atoms with E-state index >= 15 is 0 Å². The molecule has 3 aliphatic rings. The molecular weight excluding hydrogens is 256 g/mol. The molecule has 0 radical (unpaired) electrons. The summed E-state index contributed by atoms with van der Waals surface area (Å²) in [5.41, 5.74) is 0.416. The predicted octanol–water partition coefficient (Wildman–Crippen LogP) is 2.81. The number of alkyl halides is 1. The maximum Gasteiger partial charge on any atom is 0.184 e. The van der Waals surface area contributed by atoms with Gasteiger partial charge in [0.05, 0.1) is 18.0 Å². The van der Waals surface area contributed by atoms with E-state index in [2.05, 4.69) is 36.7 Å². The van der Waals surface area contributed by atoms with Gasteiger partial charge in [-0.15, -0.1) is 0 Å². The van der Waals surface area contributed by atoms with Crippen LogP contribution in [-0.4, -0.2) is 23.8 Å². The molecule has 2 nitrogen and oxygen atoms in total. The topological polar surface area (TPSA) is 18.5 Å². The molecule has 3 rings (SSSR count). The van der Waals surface area contributed by atoms with Crippen molar-refractivity contribution in [1.82, 2.24) is 0 Å². The molecule has 3 heteroatoms. The minimum Gasteiger partial charge on any atom is -0.346 e. The fraction of sp³-hybridized carbons (Fsp3) is 1.00. The summed E-state index contributed by atoms with van der Waals surface area (Å²) in [6.45, 7) is 8.66. The quantitative estimate of drug-likeness (QED) is 0.633. The van der Waals surface area contributed by atoms with Crippen molar-refractivity contribution in [1.29, 1.82) is 0 Å². The highest BCUT2D eigenvalue weighted by atomic mass is 79.9. The van der Waals surface area contributed by atoms with E-state index in [1.54, 1.807) is 0 Å². The van der Waals surface area contributed by atoms with Crippen LogP contribution in [0.2, 0.25) is 0 Å². The molecule has 0 aromatic carbocycles. The summed E-state index contributed by atoms with van der Waals surface area (Å²) in [5.74, 6) is 1.66. The second kappa shape index (κ2) is 2.99. The molecule has 2 bridgehead atoms. The highest BCUT2D eigenvalue weighted by Gasteiger charge is 2.69. The molecule has 0 aromatic heterocycles. The van der Waals surface area contributed by atoms with Gasteiger partial charge >= 0.3 is 0 Å². The van der Waals surface area contributed by atoms with Crippen molar-refractivity contribution in [2.24, 2.45) is 23.2 Å². The minimum absolute atomic E-state index is 0.292. The second-order valence-electron chi connectivity index (χ2n) is 5.88. The predicted molar refractivity (Wildman–Crippen MR) is 61.9 cm³/mol. The molecule has 0 amide bonds. The zero-order chi connectivity index (χ0) is 10.8. The molecule has 0 aromatic rings. The van der Waals surface area contributed by atoms with Gasteiger partial charge in [0.25, 0.3) is 0 Å². The molecule has 1 aliphatic heterocycles. The zero-order valence-corrected chi connectivity index (χ0v) is 11.2. The number of ether oxygens (including phenoxy) is 2. The molecule has 15 heavy (non-hydrogen) atoms. The van der Waals surface area contributed by atoms with Crippen molar-refractivity contribution < 1.29 is 9.47 Å². The number of hydrogen-bond donors (Lipinski definition) is 0. The van der Waals surface area contributed by atoms with Gasteiger partial charge in [-0.3, -0.25) is 0 Å². The summed E-state index contributed by atoms with van der Waals surface area (Å²) < 4.78 is 11.9. The Morgan fingerprint density at radius 1 is 1.13 bits per heavy atom. The van der Waals surface area contributed by atoms with E-state index in [9.17, 15) is 0 Å². The summed E-state index contributed by atoms with van der Waals surface area (Å²) in [4.78, 5) is 0.378. The van der Waals surface area contributed by atoms with Gasteiger partial charge in [0.15, 0.2) is 5.79 Å². The molecular formula is C12H19BrO2. The van der Waals surface area contributed by atoms with Gasteiger partial charge in [0.1, 0.15) is 0 Å². The lowest BCUT2D eigenvalue weighted by atomic mass is 9.67. The van der Waals surface area contributed by atoms with Gasteiger partial charge in [-0.25, -0.2) is 0 Å². The molecule has 2 saturated carbocycles. The number of rotatable bonds is 0. The van der Waals surface area contributed by atoms with E-state index in [-0.39, 0.29) is 5.79 Å². The van der Waals surface area contributed by atoms with Crippen LogP contribution >= 0.6 is 15.9 Å². The average Bonchev–Trinajstić information content (AvgIpc) is 2.80. The van der Waals surface area contributed by atoms with E-state index < -0.39 is 0 Å². The summed E-state index contributed by atoms with van der Waals surface area (Å²) in [5, 5.41) is 0. The summed E-state index contributed by atoms with van der Waals surface area (Å²) >= 11 is 3.83. The van der Waals surface area contributed by atoms with Crippen LogP contribution in [0.5, 0.6) is 0 Å². The van der Waals surface area contributed by atoms with Crippen molar-refractivity contribution in [3.63, 3.8) is 0 Å². The maximum absolute atomic E-state index is 5.94. The summed E-state index contributed by atoms with van der Waals surface area (Å²) in [6.07, 6.45) is 1.25. The lowest BCUT2D eigenvalue weighted by Crippen LogP contribution is -2.53. The molecule has 1 saturated heterocycles. The van der Waals surface area contributed by atoms with Crippen molar-refractivity contribution in [2.45, 2.75) is 37.8 Å². The number of halogens is 1. The molecule has 86 valence electrons. The van der Waals surface area contributed by atoms with E-state index in [1.807, 2.05) is 0 Å². The molecule has 1 spiro atoms. The van der Waals surface area contributed by atoms with Gasteiger partial charge in [0, 0.05) is 5.92 Å². The Morgan fingerprint density at radius 2 is 1.73 bits per heavy atom. The van der Waals surface area contributed by atoms with Gasteiger partial charge < -0.3 is 9.47 Å². The first-order valence-corrected chi connectivity index (χ1v) is 6.83. The normalized spacial score (nSPS) is 50.4. The Morgan fingerprint density at radius 3 is 2.27 bits per heavy atom. The van der Waals surface area contributed by atoms with Gasteiger partial charge in [-0.1, -0.05) is 36.7 Å². The Kier molecular flexibility index (Phi) is 2.10. The van der Waals surface area contributed by atoms with Crippen LogP contribution in [-0.2, 0) is 9.47 Å². The summed E-state index contributed by atoms with van der Waals surface area (Å²) in [7, 11) is 0. The van der Waals surface area contributed by atoms with Crippen LogP contribution in [0, 0.1) is 23.2 Å². The summed E-state index contributed by atoms with van der Waals surface area (Å²) in [6, 6.07) is 0. The first-order chi connectivity index (χ1) is 7.00. The molecule has 0 unspecified atom stereocenters. The Labute approximate surface area is 99.8 Å². The van der Waals surface area contributed by atoms with E-state index in [0.29, 0.717) is 28.0 Å². The molecule has 3 fully saturated rings. The lowest BCUT2D eigenvalue weighted by molar-refractivity contribution is -0.208. The van der Waals surface area contributed by atoms with Crippen LogP contribution < -0.4 is 0 Å². The van der Waals surface area contributed by atoms with Crippen LogP contribution in [0.25, 0.3) is 0 Å². The monoisotopic (exact) mass is 274 g/mol. The Hall–Kier alpha value is 0.400. The molecule has 4 atom stereocenters. The van der Waals surface area contributed by atoms with E-state index in [1.165, 1.54) is 6.42 Å². The Bertz CT molecular complexity index is 283. The van der Waals surface area contributed by atoms with Crippen molar-refractivity contribution in [2.75, 3.05) is 13.2 Å². The molecule has 1 heterocycles. The third kappa shape index (κ3) is 1.07. The maximum atomic E-state index is 5.94. The number of fused-ring (bicyclic) bond motifs is 3. The van der Waals surface area contributed by atoms with Crippen LogP contribution in [0.3, 0.4) is 0 Å². The highest BCUT2D eigenvalue weighted by molar-refractivity contribution is 9.09.